The van der Waals surface area contributed by atoms with Crippen LogP contribution in [-0.4, -0.2) is 24.5 Å². The molecular weight excluding hydrogens is 225 g/mol. The zero-order valence-corrected chi connectivity index (χ0v) is 10.3. The van der Waals surface area contributed by atoms with Gasteiger partial charge in [-0.3, -0.25) is 4.90 Å². The summed E-state index contributed by atoms with van der Waals surface area (Å²) < 4.78 is 13.0. The molecule has 1 aromatic rings. The number of nitrogens with zero attached hydrogens (tertiary/aromatic N) is 1. The predicted molar refractivity (Wildman–Crippen MR) is 66.1 cm³/mol. The van der Waals surface area contributed by atoms with Crippen molar-refractivity contribution < 1.29 is 4.39 Å². The minimum absolute atomic E-state index is 0.348. The molecule has 0 saturated heterocycles. The number of hydrogen-bond donors (Lipinski definition) is 0. The van der Waals surface area contributed by atoms with Crippen molar-refractivity contribution in [2.24, 2.45) is 0 Å². The van der Waals surface area contributed by atoms with Gasteiger partial charge in [-0.15, -0.1) is 0 Å². The van der Waals surface area contributed by atoms with Crippen LogP contribution in [0.3, 0.4) is 0 Å². The van der Waals surface area contributed by atoms with Crippen molar-refractivity contribution in [1.82, 2.24) is 4.90 Å². The van der Waals surface area contributed by atoms with E-state index < -0.39 is 0 Å². The van der Waals surface area contributed by atoms with Gasteiger partial charge in [0.15, 0.2) is 0 Å². The van der Waals surface area contributed by atoms with E-state index in [-0.39, 0.29) is 5.82 Å². The van der Waals surface area contributed by atoms with E-state index in [1.807, 2.05) is 0 Å². The minimum Gasteiger partial charge on any atom is -0.293 e. The summed E-state index contributed by atoms with van der Waals surface area (Å²) in [5.74, 6) is 5.57. The lowest BCUT2D eigenvalue weighted by atomic mass is 10.2. The fraction of sp³-hybridized carbons (Fsp3) is 0.385. The third kappa shape index (κ3) is 4.22. The van der Waals surface area contributed by atoms with E-state index >= 15 is 0 Å². The van der Waals surface area contributed by atoms with Crippen LogP contribution in [0.15, 0.2) is 18.2 Å². The Morgan fingerprint density at radius 1 is 1.25 bits per heavy atom. The summed E-state index contributed by atoms with van der Waals surface area (Å²) in [4.78, 5) is 2.19. The number of halogens is 2. The second-order valence-electron chi connectivity index (χ2n) is 3.42. The van der Waals surface area contributed by atoms with Crippen molar-refractivity contribution in [3.63, 3.8) is 0 Å². The van der Waals surface area contributed by atoms with E-state index in [4.69, 9.17) is 11.6 Å². The van der Waals surface area contributed by atoms with Gasteiger partial charge in [-0.2, -0.15) is 0 Å². The van der Waals surface area contributed by atoms with Crippen LogP contribution in [0.1, 0.15) is 19.4 Å². The van der Waals surface area contributed by atoms with Gasteiger partial charge in [0.2, 0.25) is 0 Å². The lowest BCUT2D eigenvalue weighted by Crippen LogP contribution is -2.22. The first-order valence-electron chi connectivity index (χ1n) is 5.33. The molecule has 0 aliphatic heterocycles. The number of benzene rings is 1. The highest BCUT2D eigenvalue weighted by Crippen LogP contribution is 2.12. The topological polar surface area (TPSA) is 3.24 Å². The molecule has 0 N–H and O–H groups in total. The Morgan fingerprint density at radius 3 is 2.50 bits per heavy atom. The molecule has 1 aromatic carbocycles. The van der Waals surface area contributed by atoms with Gasteiger partial charge in [0.25, 0.3) is 0 Å². The van der Waals surface area contributed by atoms with Crippen LogP contribution in [0.5, 0.6) is 0 Å². The molecular formula is C13H15ClFN. The molecule has 0 amide bonds. The molecule has 86 valence electrons. The fourth-order valence-electron chi connectivity index (χ4n) is 1.33. The highest BCUT2D eigenvalue weighted by atomic mass is 35.5. The molecule has 0 saturated carbocycles. The molecule has 16 heavy (non-hydrogen) atoms. The van der Waals surface area contributed by atoms with Gasteiger partial charge in [0, 0.05) is 10.6 Å². The third-order valence-corrected chi connectivity index (χ3v) is 2.51. The first-order chi connectivity index (χ1) is 7.65. The zero-order valence-electron chi connectivity index (χ0n) is 9.56. The van der Waals surface area contributed by atoms with Crippen LogP contribution < -0.4 is 0 Å². The van der Waals surface area contributed by atoms with E-state index in [9.17, 15) is 4.39 Å². The summed E-state index contributed by atoms with van der Waals surface area (Å²) in [5, 5.41) is 0.382. The van der Waals surface area contributed by atoms with Gasteiger partial charge in [0.05, 0.1) is 6.54 Å². The maximum Gasteiger partial charge on any atom is 0.125 e. The average molecular weight is 240 g/mol. The van der Waals surface area contributed by atoms with Gasteiger partial charge in [0.1, 0.15) is 5.82 Å². The minimum atomic E-state index is -0.348. The van der Waals surface area contributed by atoms with Crippen molar-refractivity contribution >= 4 is 11.6 Å². The van der Waals surface area contributed by atoms with E-state index in [1.54, 1.807) is 6.07 Å². The van der Waals surface area contributed by atoms with Crippen molar-refractivity contribution in [2.75, 3.05) is 19.6 Å². The SMILES string of the molecule is CCN(CC)CC#Cc1cc(F)cc(Cl)c1. The highest BCUT2D eigenvalue weighted by molar-refractivity contribution is 6.30. The van der Waals surface area contributed by atoms with Crippen LogP contribution in [0.2, 0.25) is 5.02 Å². The second-order valence-corrected chi connectivity index (χ2v) is 3.86. The van der Waals surface area contributed by atoms with Crippen molar-refractivity contribution in [2.45, 2.75) is 13.8 Å². The Hall–Kier alpha value is -1.04. The smallest absolute Gasteiger partial charge is 0.125 e. The molecule has 0 radical (unpaired) electrons. The Balaban J connectivity index is 2.69. The summed E-state index contributed by atoms with van der Waals surface area (Å²) in [5.41, 5.74) is 0.622. The molecule has 3 heteroatoms. The summed E-state index contributed by atoms with van der Waals surface area (Å²) in [7, 11) is 0. The van der Waals surface area contributed by atoms with Crippen LogP contribution >= 0.6 is 11.6 Å². The van der Waals surface area contributed by atoms with Crippen LogP contribution in [0.25, 0.3) is 0 Å². The first kappa shape index (κ1) is 13.0. The van der Waals surface area contributed by atoms with E-state index in [0.717, 1.165) is 13.1 Å². The Kier molecular flexibility index (Phi) is 5.31. The lowest BCUT2D eigenvalue weighted by Gasteiger charge is -2.13. The maximum atomic E-state index is 13.0. The second kappa shape index (κ2) is 6.52. The maximum absolute atomic E-state index is 13.0. The summed E-state index contributed by atoms with van der Waals surface area (Å²) in [6, 6.07) is 4.33. The fourth-order valence-corrected chi connectivity index (χ4v) is 1.55. The summed E-state index contributed by atoms with van der Waals surface area (Å²) in [6.45, 7) is 6.81. The lowest BCUT2D eigenvalue weighted by molar-refractivity contribution is 0.342. The van der Waals surface area contributed by atoms with Crippen molar-refractivity contribution in [3.8, 4) is 11.8 Å². The molecule has 0 bridgehead atoms. The molecule has 0 aliphatic carbocycles. The third-order valence-electron chi connectivity index (χ3n) is 2.29. The highest BCUT2D eigenvalue weighted by Gasteiger charge is 1.97. The molecule has 1 nitrogen and oxygen atoms in total. The van der Waals surface area contributed by atoms with Crippen LogP contribution in [0, 0.1) is 17.7 Å². The molecule has 0 fully saturated rings. The zero-order chi connectivity index (χ0) is 12.0. The molecule has 0 unspecified atom stereocenters. The molecule has 1 rings (SSSR count). The molecule has 0 spiro atoms. The van der Waals surface area contributed by atoms with E-state index in [2.05, 4.69) is 30.6 Å². The number of rotatable bonds is 3. The Morgan fingerprint density at radius 2 is 1.94 bits per heavy atom. The van der Waals surface area contributed by atoms with Crippen molar-refractivity contribution in [1.29, 1.82) is 0 Å². The van der Waals surface area contributed by atoms with E-state index in [0.29, 0.717) is 17.1 Å². The standard InChI is InChI=1S/C13H15ClFN/c1-3-16(4-2)7-5-6-11-8-12(14)10-13(15)9-11/h8-10H,3-4,7H2,1-2H3. The average Bonchev–Trinajstić information content (AvgIpc) is 2.23. The van der Waals surface area contributed by atoms with Crippen LogP contribution in [0.4, 0.5) is 4.39 Å². The quantitative estimate of drug-likeness (QED) is 0.733. The van der Waals surface area contributed by atoms with Crippen LogP contribution in [-0.2, 0) is 0 Å². The van der Waals surface area contributed by atoms with Gasteiger partial charge < -0.3 is 0 Å². The predicted octanol–water partition coefficient (Wildman–Crippen LogP) is 3.17. The summed E-state index contributed by atoms with van der Waals surface area (Å²) in [6.07, 6.45) is 0. The van der Waals surface area contributed by atoms with Gasteiger partial charge in [-0.25, -0.2) is 4.39 Å². The first-order valence-corrected chi connectivity index (χ1v) is 5.70. The summed E-state index contributed by atoms with van der Waals surface area (Å²) >= 11 is 5.73. The monoisotopic (exact) mass is 239 g/mol. The Bertz CT molecular complexity index is 382. The van der Waals surface area contributed by atoms with E-state index in [1.165, 1.54) is 12.1 Å². The normalized spacial score (nSPS) is 10.1. The van der Waals surface area contributed by atoms with Crippen molar-refractivity contribution in [3.05, 3.63) is 34.6 Å². The molecule has 0 heterocycles. The molecule has 0 aliphatic rings. The molecule has 0 atom stereocenters. The number of hydrogen-bond acceptors (Lipinski definition) is 1. The largest absolute Gasteiger partial charge is 0.293 e. The van der Waals surface area contributed by atoms with Gasteiger partial charge in [-0.1, -0.05) is 37.3 Å². The van der Waals surface area contributed by atoms with Gasteiger partial charge >= 0.3 is 0 Å². The molecule has 0 aromatic heterocycles. The Labute approximate surface area is 101 Å². The van der Waals surface area contributed by atoms with Gasteiger partial charge in [-0.05, 0) is 31.3 Å².